The average Bonchev–Trinajstić information content (AvgIpc) is 3.35. The van der Waals surface area contributed by atoms with Crippen LogP contribution >= 0.6 is 22.9 Å². The largest absolute Gasteiger partial charge is 0.250 e. The van der Waals surface area contributed by atoms with E-state index in [-0.39, 0.29) is 20.5 Å². The Balaban J connectivity index is 1.54. The first-order chi connectivity index (χ1) is 13.8. The van der Waals surface area contributed by atoms with Crippen LogP contribution in [0.25, 0.3) is 5.57 Å². The molecule has 0 saturated carbocycles. The lowest BCUT2D eigenvalue weighted by Crippen LogP contribution is -2.24. The Morgan fingerprint density at radius 1 is 0.966 bits per heavy atom. The predicted octanol–water partition coefficient (Wildman–Crippen LogP) is 4.15. The van der Waals surface area contributed by atoms with E-state index in [2.05, 4.69) is 4.72 Å². The minimum atomic E-state index is -3.85. The summed E-state index contributed by atoms with van der Waals surface area (Å²) < 4.78 is 53.3. The lowest BCUT2D eigenvalue weighted by molar-refractivity contribution is 0.588. The first-order valence-corrected chi connectivity index (χ1v) is 12.9. The molecule has 5 nitrogen and oxygen atoms in total. The number of rotatable bonds is 6. The quantitative estimate of drug-likeness (QED) is 0.593. The second-order valence-corrected chi connectivity index (χ2v) is 11.8. The highest BCUT2D eigenvalue weighted by atomic mass is 35.5. The molecule has 0 atom stereocenters. The van der Waals surface area contributed by atoms with Crippen molar-refractivity contribution < 1.29 is 16.8 Å². The van der Waals surface area contributed by atoms with E-state index in [0.29, 0.717) is 5.02 Å². The fourth-order valence-electron chi connectivity index (χ4n) is 3.10. The highest BCUT2D eigenvalue weighted by Gasteiger charge is 2.24. The number of sulfonamides is 1. The fourth-order valence-corrected chi connectivity index (χ4v) is 7.22. The van der Waals surface area contributed by atoms with Gasteiger partial charge in [0.05, 0.1) is 9.79 Å². The van der Waals surface area contributed by atoms with Gasteiger partial charge in [-0.15, -0.1) is 11.3 Å². The summed E-state index contributed by atoms with van der Waals surface area (Å²) in [5, 5.41) is 1.94. The summed E-state index contributed by atoms with van der Waals surface area (Å²) >= 11 is 6.93. The molecule has 1 aliphatic carbocycles. The number of fused-ring (bicyclic) bond motifs is 1. The van der Waals surface area contributed by atoms with Crippen LogP contribution in [0, 0.1) is 0 Å². The molecule has 29 heavy (non-hydrogen) atoms. The molecule has 1 N–H and O–H groups in total. The Hall–Kier alpha value is -1.97. The van der Waals surface area contributed by atoms with Crippen molar-refractivity contribution in [3.05, 3.63) is 82.2 Å². The zero-order valence-electron chi connectivity index (χ0n) is 15.0. The van der Waals surface area contributed by atoms with Crippen LogP contribution in [0.4, 0.5) is 0 Å². The Labute approximate surface area is 178 Å². The van der Waals surface area contributed by atoms with Gasteiger partial charge in [0.2, 0.25) is 19.9 Å². The zero-order valence-corrected chi connectivity index (χ0v) is 18.2. The average molecular weight is 466 g/mol. The lowest BCUT2D eigenvalue weighted by atomic mass is 10.1. The van der Waals surface area contributed by atoms with Crippen LogP contribution in [0.2, 0.25) is 5.02 Å². The maximum Gasteiger partial charge on any atom is 0.250 e. The van der Waals surface area contributed by atoms with Crippen LogP contribution in [-0.2, 0) is 26.3 Å². The summed E-state index contributed by atoms with van der Waals surface area (Å²) in [6, 6.07) is 14.7. The van der Waals surface area contributed by atoms with Gasteiger partial charge in [0.1, 0.15) is 4.21 Å². The SMILES string of the molecule is O=S(=O)(NCC1=CCc2ccc(Cl)cc21)c1cc(S(=O)(=O)c2ccccc2)cs1. The summed E-state index contributed by atoms with van der Waals surface area (Å²) in [5.41, 5.74) is 2.87. The maximum absolute atomic E-state index is 12.7. The number of hydrogen-bond acceptors (Lipinski definition) is 5. The third-order valence-electron chi connectivity index (χ3n) is 4.62. The summed E-state index contributed by atoms with van der Waals surface area (Å²) in [7, 11) is -7.61. The third kappa shape index (κ3) is 4.04. The van der Waals surface area contributed by atoms with E-state index < -0.39 is 19.9 Å². The molecule has 1 heterocycles. The van der Waals surface area contributed by atoms with E-state index in [0.717, 1.165) is 34.5 Å². The van der Waals surface area contributed by atoms with E-state index in [1.54, 1.807) is 18.2 Å². The van der Waals surface area contributed by atoms with Gasteiger partial charge >= 0.3 is 0 Å². The molecule has 9 heteroatoms. The van der Waals surface area contributed by atoms with Crippen LogP contribution in [0.5, 0.6) is 0 Å². The van der Waals surface area contributed by atoms with Crippen molar-refractivity contribution in [2.24, 2.45) is 0 Å². The van der Waals surface area contributed by atoms with Crippen LogP contribution in [-0.4, -0.2) is 23.4 Å². The van der Waals surface area contributed by atoms with E-state index >= 15 is 0 Å². The van der Waals surface area contributed by atoms with Gasteiger partial charge < -0.3 is 0 Å². The smallest absolute Gasteiger partial charge is 0.218 e. The second kappa shape index (κ2) is 7.70. The van der Waals surface area contributed by atoms with Crippen molar-refractivity contribution in [1.82, 2.24) is 4.72 Å². The number of allylic oxidation sites excluding steroid dienone is 1. The minimum Gasteiger partial charge on any atom is -0.218 e. The van der Waals surface area contributed by atoms with Gasteiger partial charge in [0.25, 0.3) is 0 Å². The molecule has 0 bridgehead atoms. The van der Waals surface area contributed by atoms with Crippen molar-refractivity contribution in [1.29, 1.82) is 0 Å². The molecule has 150 valence electrons. The molecule has 0 radical (unpaired) electrons. The van der Waals surface area contributed by atoms with E-state index in [1.165, 1.54) is 23.6 Å². The summed E-state index contributed by atoms with van der Waals surface area (Å²) in [6.07, 6.45) is 2.69. The predicted molar refractivity (Wildman–Crippen MR) is 115 cm³/mol. The Bertz CT molecular complexity index is 1310. The van der Waals surface area contributed by atoms with Crippen LogP contribution in [0.3, 0.4) is 0 Å². The molecule has 0 amide bonds. The van der Waals surface area contributed by atoms with Crippen molar-refractivity contribution in [3.8, 4) is 0 Å². The molecule has 2 aromatic carbocycles. The molecule has 0 spiro atoms. The number of nitrogens with one attached hydrogen (secondary N) is 1. The number of benzene rings is 2. The van der Waals surface area contributed by atoms with Gasteiger partial charge in [-0.3, -0.25) is 0 Å². The van der Waals surface area contributed by atoms with Gasteiger partial charge in [0.15, 0.2) is 0 Å². The molecule has 0 saturated heterocycles. The summed E-state index contributed by atoms with van der Waals surface area (Å²) in [4.78, 5) is 0.0885. The number of thiophene rings is 1. The molecule has 0 fully saturated rings. The second-order valence-electron chi connectivity index (χ2n) is 6.48. The van der Waals surface area contributed by atoms with Gasteiger partial charge in [-0.05, 0) is 53.5 Å². The van der Waals surface area contributed by atoms with Crippen LogP contribution < -0.4 is 4.72 Å². The molecule has 1 aliphatic rings. The summed E-state index contributed by atoms with van der Waals surface area (Å²) in [5.74, 6) is 0. The molecule has 4 rings (SSSR count). The summed E-state index contributed by atoms with van der Waals surface area (Å²) in [6.45, 7) is 0.106. The van der Waals surface area contributed by atoms with E-state index in [1.807, 2.05) is 24.3 Å². The highest BCUT2D eigenvalue weighted by Crippen LogP contribution is 2.31. The normalized spacial score (nSPS) is 13.9. The number of sulfone groups is 1. The fraction of sp³-hybridized carbons (Fsp3) is 0.100. The van der Waals surface area contributed by atoms with Crippen molar-refractivity contribution in [2.45, 2.75) is 20.4 Å². The topological polar surface area (TPSA) is 80.3 Å². The molecule has 0 unspecified atom stereocenters. The van der Waals surface area contributed by atoms with E-state index in [4.69, 9.17) is 11.6 Å². The maximum atomic E-state index is 12.7. The number of hydrogen-bond donors (Lipinski definition) is 1. The van der Waals surface area contributed by atoms with Crippen LogP contribution in [0.1, 0.15) is 11.1 Å². The first-order valence-electron chi connectivity index (χ1n) is 8.63. The zero-order chi connectivity index (χ0) is 20.6. The number of halogens is 1. The van der Waals surface area contributed by atoms with Crippen molar-refractivity contribution >= 4 is 48.4 Å². The van der Waals surface area contributed by atoms with Gasteiger partial charge in [0, 0.05) is 16.9 Å². The standard InChI is InChI=1S/C20H16ClNO4S3/c21-16-9-8-14-6-7-15(19(14)10-16)12-22-29(25,26)20-11-18(13-27-20)28(23,24)17-4-2-1-3-5-17/h1-5,7-11,13,22H,6,12H2. The Kier molecular flexibility index (Phi) is 5.39. The first kappa shape index (κ1) is 20.3. The Morgan fingerprint density at radius 2 is 1.72 bits per heavy atom. The van der Waals surface area contributed by atoms with Gasteiger partial charge in [-0.25, -0.2) is 21.6 Å². The van der Waals surface area contributed by atoms with Crippen LogP contribution in [0.15, 0.2) is 80.1 Å². The molecule has 3 aromatic rings. The monoisotopic (exact) mass is 465 g/mol. The van der Waals surface area contributed by atoms with Gasteiger partial charge in [-0.2, -0.15) is 0 Å². The highest BCUT2D eigenvalue weighted by molar-refractivity contribution is 7.93. The Morgan fingerprint density at radius 3 is 2.48 bits per heavy atom. The third-order valence-corrected chi connectivity index (χ3v) is 9.59. The van der Waals surface area contributed by atoms with E-state index in [9.17, 15) is 16.8 Å². The molecular weight excluding hydrogens is 450 g/mol. The van der Waals surface area contributed by atoms with Crippen molar-refractivity contribution in [3.63, 3.8) is 0 Å². The lowest BCUT2D eigenvalue weighted by Gasteiger charge is -2.08. The molecular formula is C20H16ClNO4S3. The minimum absolute atomic E-state index is 0.0358. The van der Waals surface area contributed by atoms with Gasteiger partial charge in [-0.1, -0.05) is 41.9 Å². The molecule has 0 aliphatic heterocycles. The molecule has 1 aromatic heterocycles. The van der Waals surface area contributed by atoms with Crippen molar-refractivity contribution in [2.75, 3.05) is 6.54 Å².